The molecular weight excluding hydrogens is 2150 g/mol. The zero-order chi connectivity index (χ0) is 110. The molecule has 8 aromatic rings. The molecule has 4 fully saturated rings. The number of hydrogen-bond acceptors (Lipinski definition) is 37. The molecule has 56 heteroatoms. The average Bonchev–Trinajstić information content (AvgIpc) is 1.62. The number of aromatic amines is 3. The molecule has 8 heterocycles. The van der Waals surface area contributed by atoms with Gasteiger partial charge in [-0.3, -0.25) is 70.3 Å². The van der Waals surface area contributed by atoms with Gasteiger partial charge in [0, 0.05) is 30.9 Å². The van der Waals surface area contributed by atoms with Crippen molar-refractivity contribution in [1.29, 1.82) is 0 Å². The van der Waals surface area contributed by atoms with Crippen molar-refractivity contribution in [2.45, 2.75) is 204 Å². The number of nitrogens with two attached hydrogens (primary N) is 1. The molecule has 39 nitrogen and oxygen atoms in total. The summed E-state index contributed by atoms with van der Waals surface area (Å²) in [5.41, 5.74) is -7.64. The van der Waals surface area contributed by atoms with Crippen LogP contribution in [0, 0.1) is 47.3 Å². The number of ether oxygens (including phenoxy) is 8. The quantitative estimate of drug-likeness (QED) is 0.00578. The van der Waals surface area contributed by atoms with Crippen molar-refractivity contribution in [2.24, 2.45) is 23.7 Å². The van der Waals surface area contributed by atoms with E-state index in [0.29, 0.717) is 0 Å². The third-order valence-electron chi connectivity index (χ3n) is 22.2. The van der Waals surface area contributed by atoms with Gasteiger partial charge in [0.25, 0.3) is 5.56 Å². The van der Waals surface area contributed by atoms with E-state index in [1.807, 2.05) is 0 Å². The number of alkyl halides is 8. The standard InChI is InChI=1S/C23H30F2N3O7PS.2C23H29F2N2O8PS.C23H29F2N2O7PS2/c1-14(2)33-20(30)15(3)12-36(31,35-16-7-5-4-6-8-16)32-11-17-19(29)23(25,13-24)21(34-17)28-10-9-18(26)27-22(28)37;1-14(2)33-20(29)15(3)12-36(31,35-16-7-5-4-6-8-16)32-11-17-19(28)23(25,13-24)21(34-17)27-10-9-18(37)26-22(27)30;1-14(2)33-20(30)15(3)12-36(31,35-16-7-5-4-6-8-16)32-11-17-19(29)23(25,13-24)21(34-17)27-10-9-18(28)26-22(27)37;1-14(2)32-20(29)15(3)12-35(30,34-16-7-5-4-6-8-16)31-11-17-19(28)23(25,13-24)21(33-17)27-10-9-18(36)26-22(27)37/h4-10,14-15,17,19,21,29H,11-13H2,1-3H3,(H2,26,27,37);4-10,14-15,17,19,21,28H,11-13H2,1-3H3,(H,26,30,37);4-10,14-15,17,19,21,29H,11-13H2,1-3H3,(H,26,28,37);4-10,14-15,17,19,21,28H,11-13H2,1-3H3,(H,26,36,37)/t3*15-,17-,19+,21-,23?,36?;15-,17-,19+,21-,23?,35?/m1111/s1. The van der Waals surface area contributed by atoms with Gasteiger partial charge in [0.05, 0.1) is 99.2 Å². The second kappa shape index (κ2) is 53.8. The predicted molar refractivity (Wildman–Crippen MR) is 532 cm³/mol. The van der Waals surface area contributed by atoms with E-state index < -0.39 is 269 Å². The highest BCUT2D eigenvalue weighted by Gasteiger charge is 2.63. The molecule has 9 N–H and O–H groups in total. The average molecular weight is 2270 g/mol. The van der Waals surface area contributed by atoms with Gasteiger partial charge in [-0.15, -0.1) is 0 Å². The summed E-state index contributed by atoms with van der Waals surface area (Å²) in [6, 6.07) is 37.3. The van der Waals surface area contributed by atoms with E-state index in [1.165, 1.54) is 94.7 Å². The topological polar surface area (TPSA) is 505 Å². The fourth-order valence-corrected chi connectivity index (χ4v) is 23.4. The van der Waals surface area contributed by atoms with Crippen LogP contribution in [0.5, 0.6) is 23.0 Å². The van der Waals surface area contributed by atoms with Gasteiger partial charge in [0.1, 0.15) is 114 Å². The van der Waals surface area contributed by atoms with Gasteiger partial charge in [-0.2, -0.15) is 0 Å². The maximum atomic E-state index is 15.6. The number of H-pyrrole nitrogens is 3. The molecule has 4 saturated heterocycles. The van der Waals surface area contributed by atoms with Crippen molar-refractivity contribution in [1.82, 2.24) is 38.2 Å². The van der Waals surface area contributed by atoms with Crippen LogP contribution >= 0.6 is 91.5 Å². The number of esters is 4. The molecule has 0 amide bonds. The van der Waals surface area contributed by atoms with Gasteiger partial charge in [-0.25, -0.2) is 63.2 Å². The summed E-state index contributed by atoms with van der Waals surface area (Å²) in [4.78, 5) is 84.1. The van der Waals surface area contributed by atoms with E-state index in [2.05, 4.69) is 19.9 Å². The van der Waals surface area contributed by atoms with E-state index >= 15 is 17.6 Å². The number of aliphatic hydroxyl groups excluding tert-OH is 4. The maximum absolute atomic E-state index is 15.6. The highest BCUT2D eigenvalue weighted by molar-refractivity contribution is 7.72. The Bertz CT molecular complexity index is 5980. The third-order valence-corrected chi connectivity index (χ3v) is 31.7. The van der Waals surface area contributed by atoms with E-state index in [-0.39, 0.29) is 70.8 Å². The van der Waals surface area contributed by atoms with E-state index in [1.54, 1.807) is 140 Å². The normalized spacial score (nSPS) is 26.0. The Labute approximate surface area is 870 Å². The second-order valence-corrected chi connectivity index (χ2v) is 45.9. The lowest BCUT2D eigenvalue weighted by Gasteiger charge is -2.26. The first-order chi connectivity index (χ1) is 69.5. The summed E-state index contributed by atoms with van der Waals surface area (Å²) in [6.45, 7) is 10.1. The smallest absolute Gasteiger partial charge is 0.380 e. The van der Waals surface area contributed by atoms with Crippen LogP contribution in [0.25, 0.3) is 0 Å². The molecular formula is C92H117F8N9O30P4S5. The fourth-order valence-electron chi connectivity index (χ4n) is 14.8. The van der Waals surface area contributed by atoms with Crippen LogP contribution in [-0.2, 0) is 93.4 Å². The van der Waals surface area contributed by atoms with Crippen LogP contribution in [-0.4, -0.2) is 256 Å². The number of nitrogens with zero attached hydrogens (tertiary/aromatic N) is 5. The summed E-state index contributed by atoms with van der Waals surface area (Å²) in [5.74, 6) is -5.22. The summed E-state index contributed by atoms with van der Waals surface area (Å²) in [7, 11) is -16.4. The Balaban J connectivity index is 0.000000219. The SMILES string of the molecule is CC(C)OC(=O)[C@H](C)CP(=O)(OC[C@H]1O[C@@H](n2ccc(=O)[nH]c2=S)C(F)(CF)[C@H]1O)Oc1ccccc1.CC(C)OC(=O)[C@H](C)CP(=O)(OC[C@H]1O[C@@H](n2ccc(=S)[nH]c2=O)C(F)(CF)[C@H]1O)Oc1ccccc1.CC(C)OC(=O)[C@H](C)CP(=O)(OC[C@H]1O[C@@H](n2ccc(=S)[nH]c2=S)C(F)(CF)[C@H]1O)Oc1ccccc1.CC(C)OC(=O)[C@H](C)CP(=O)(OC[C@H]1O[C@@H](n2ccc(N)nc2=S)C(F)(CF)[C@H]1O)Oc1ccccc1. The highest BCUT2D eigenvalue weighted by atomic mass is 32.1. The molecule has 4 aromatic heterocycles. The van der Waals surface area contributed by atoms with Crippen molar-refractivity contribution < 1.29 is 167 Å². The molecule has 0 radical (unpaired) electrons. The Hall–Kier alpha value is -9.34. The molecule has 4 aliphatic heterocycles. The Kier molecular flexibility index (Phi) is 44.4. The lowest BCUT2D eigenvalue weighted by molar-refractivity contribution is -0.152. The number of halogens is 8. The molecule has 0 aliphatic carbocycles. The van der Waals surface area contributed by atoms with Crippen LogP contribution < -0.4 is 35.1 Å². The van der Waals surface area contributed by atoms with Crippen LogP contribution in [0.15, 0.2) is 180 Å². The maximum Gasteiger partial charge on any atom is 0.380 e. The van der Waals surface area contributed by atoms with Gasteiger partial charge in [-0.05, 0) is 159 Å². The first-order valence-corrected chi connectivity index (χ1v) is 54.9. The minimum atomic E-state index is -4.13. The van der Waals surface area contributed by atoms with E-state index in [9.17, 15) is 85.0 Å². The summed E-state index contributed by atoms with van der Waals surface area (Å²) in [5, 5.41) is 42.4. The van der Waals surface area contributed by atoms with Gasteiger partial charge in [0.15, 0.2) is 34.5 Å². The fraction of sp³-hybridized carbons (Fsp3) is 0.522. The van der Waals surface area contributed by atoms with Crippen molar-refractivity contribution >= 4 is 121 Å². The zero-order valence-electron chi connectivity index (χ0n) is 81.8. The number of aliphatic hydroxyl groups is 4. The Morgan fingerprint density at radius 2 is 0.622 bits per heavy atom. The third kappa shape index (κ3) is 32.4. The molecule has 148 heavy (non-hydrogen) atoms. The first kappa shape index (κ1) is 122. The molecule has 4 aromatic carbocycles. The van der Waals surface area contributed by atoms with Gasteiger partial charge in [0.2, 0.25) is 27.4 Å². The minimum Gasteiger partial charge on any atom is -0.463 e. The number of anilines is 1. The number of carbonyl (C=O) groups is 4. The highest BCUT2D eigenvalue weighted by Crippen LogP contribution is 2.57. The largest absolute Gasteiger partial charge is 0.463 e. The van der Waals surface area contributed by atoms with E-state index in [4.69, 9.17) is 141 Å². The molecule has 816 valence electrons. The van der Waals surface area contributed by atoms with Crippen molar-refractivity contribution in [3.63, 3.8) is 0 Å². The number of rotatable bonds is 44. The van der Waals surface area contributed by atoms with Crippen molar-refractivity contribution in [2.75, 3.05) is 83.5 Å². The van der Waals surface area contributed by atoms with Crippen LogP contribution in [0.4, 0.5) is 40.9 Å². The molecule has 0 saturated carbocycles. The Morgan fingerprint density at radius 1 is 0.378 bits per heavy atom. The number of aromatic nitrogens is 8. The van der Waals surface area contributed by atoms with Crippen LogP contribution in [0.3, 0.4) is 0 Å². The van der Waals surface area contributed by atoms with Gasteiger partial charge < -0.3 is 87.1 Å². The van der Waals surface area contributed by atoms with Gasteiger partial charge in [-0.1, -0.05) is 125 Å². The predicted octanol–water partition coefficient (Wildman–Crippen LogP) is 16.5. The molecule has 12 rings (SSSR count). The van der Waals surface area contributed by atoms with E-state index in [0.717, 1.165) is 36.7 Å². The number of nitrogens with one attached hydrogen (secondary N) is 3. The Morgan fingerprint density at radius 3 is 0.872 bits per heavy atom. The minimum absolute atomic E-state index is 0.0442. The molecule has 8 unspecified atom stereocenters. The lowest BCUT2D eigenvalue weighted by Crippen LogP contribution is -2.47. The molecule has 0 spiro atoms. The second-order valence-electron chi connectivity index (χ2n) is 35.7. The zero-order valence-corrected chi connectivity index (χ0v) is 89.4. The summed E-state index contributed by atoms with van der Waals surface area (Å²) >= 11 is 25.1. The molecule has 0 bridgehead atoms. The van der Waals surface area contributed by atoms with Crippen molar-refractivity contribution in [3.8, 4) is 23.0 Å². The number of benzene rings is 4. The monoisotopic (exact) mass is 2260 g/mol. The number of nitrogen functional groups attached to an aromatic ring is 1. The summed E-state index contributed by atoms with van der Waals surface area (Å²) in [6.07, 6.45) is -19.4. The first-order valence-electron chi connectivity index (χ1n) is 45.9. The van der Waals surface area contributed by atoms with Crippen molar-refractivity contribution in [3.05, 3.63) is 215 Å². The van der Waals surface area contributed by atoms with Crippen LogP contribution in [0.2, 0.25) is 0 Å². The number of hydrogen-bond donors (Lipinski definition) is 8. The lowest BCUT2D eigenvalue weighted by atomic mass is 9.97. The van der Waals surface area contributed by atoms with Crippen LogP contribution in [0.1, 0.15) is 108 Å². The number of carbonyl (C=O) groups excluding carboxylic acids is 4. The number of para-hydroxylation sites is 4. The summed E-state index contributed by atoms with van der Waals surface area (Å²) < 4.78 is 264. The molecule has 24 atom stereocenters. The molecule has 4 aliphatic rings. The van der Waals surface area contributed by atoms with Gasteiger partial charge >= 0.3 is 60.0 Å².